The molecule has 0 bridgehead atoms. The van der Waals surface area contributed by atoms with E-state index in [1.54, 1.807) is 6.92 Å². The number of carbonyl (C=O) groups excluding carboxylic acids is 1. The Kier molecular flexibility index (Phi) is 5.98. The van der Waals surface area contributed by atoms with E-state index >= 15 is 0 Å². The molecule has 7 nitrogen and oxygen atoms in total. The monoisotopic (exact) mass is 401 g/mol. The van der Waals surface area contributed by atoms with Gasteiger partial charge in [-0.1, -0.05) is 32.9 Å². The molecular formula is C22H31N3O4. The minimum Gasteiger partial charge on any atom is -0.478 e. The second-order valence-electron chi connectivity index (χ2n) is 8.26. The summed E-state index contributed by atoms with van der Waals surface area (Å²) < 4.78 is 6.45. The maximum Gasteiger partial charge on any atom is 0.339 e. The minimum absolute atomic E-state index is 0.0191. The number of carboxylic acid groups (broad SMARTS) is 1. The molecule has 2 unspecified atom stereocenters. The molecule has 3 N–H and O–H groups in total. The van der Waals surface area contributed by atoms with E-state index in [-0.39, 0.29) is 29.1 Å². The number of likely N-dealkylation sites (tertiary alicyclic amines) is 1. The van der Waals surface area contributed by atoms with Gasteiger partial charge in [0.2, 0.25) is 5.91 Å². The van der Waals surface area contributed by atoms with Gasteiger partial charge in [0.15, 0.2) is 0 Å². The SMILES string of the molecule is CCC1(OCC2CCCN2C(=O)C(C)C)C=CCc2nc(C)c(C(=O)O)c(N)c21. The smallest absolute Gasteiger partial charge is 0.339 e. The molecule has 2 heterocycles. The summed E-state index contributed by atoms with van der Waals surface area (Å²) in [4.78, 5) is 30.7. The number of hydrogen-bond acceptors (Lipinski definition) is 5. The Labute approximate surface area is 171 Å². The van der Waals surface area contributed by atoms with Crippen molar-refractivity contribution in [3.63, 3.8) is 0 Å². The lowest BCUT2D eigenvalue weighted by Gasteiger charge is -2.38. The van der Waals surface area contributed by atoms with Gasteiger partial charge in [-0.05, 0) is 26.2 Å². The van der Waals surface area contributed by atoms with Crippen LogP contribution in [0, 0.1) is 12.8 Å². The molecule has 158 valence electrons. The van der Waals surface area contributed by atoms with E-state index in [9.17, 15) is 14.7 Å². The molecule has 1 aliphatic carbocycles. The average molecular weight is 402 g/mol. The minimum atomic E-state index is -1.08. The Morgan fingerprint density at radius 1 is 1.45 bits per heavy atom. The molecule has 7 heteroatoms. The number of anilines is 1. The Hall–Kier alpha value is -2.41. The number of amides is 1. The molecule has 0 spiro atoms. The first-order valence-electron chi connectivity index (χ1n) is 10.4. The molecule has 1 amide bonds. The van der Waals surface area contributed by atoms with Crippen molar-refractivity contribution in [2.75, 3.05) is 18.9 Å². The number of carboxylic acids is 1. The first-order chi connectivity index (χ1) is 13.7. The quantitative estimate of drug-likeness (QED) is 0.710. The topological polar surface area (TPSA) is 106 Å². The highest BCUT2D eigenvalue weighted by molar-refractivity contribution is 5.96. The third-order valence-corrected chi connectivity index (χ3v) is 6.04. The largest absolute Gasteiger partial charge is 0.478 e. The zero-order valence-corrected chi connectivity index (χ0v) is 17.7. The summed E-state index contributed by atoms with van der Waals surface area (Å²) in [5.41, 5.74) is 7.62. The van der Waals surface area contributed by atoms with Gasteiger partial charge in [0.25, 0.3) is 0 Å². The van der Waals surface area contributed by atoms with Gasteiger partial charge in [-0.3, -0.25) is 9.78 Å². The summed E-state index contributed by atoms with van der Waals surface area (Å²) in [5.74, 6) is -0.988. The third kappa shape index (κ3) is 3.75. The van der Waals surface area contributed by atoms with Crippen molar-refractivity contribution in [1.82, 2.24) is 9.88 Å². The van der Waals surface area contributed by atoms with Crippen LogP contribution in [0.4, 0.5) is 5.69 Å². The molecule has 3 rings (SSSR count). The number of hydrogen-bond donors (Lipinski definition) is 2. The Morgan fingerprint density at radius 3 is 2.79 bits per heavy atom. The Balaban J connectivity index is 1.94. The molecule has 1 saturated heterocycles. The van der Waals surface area contributed by atoms with Crippen LogP contribution in [-0.4, -0.2) is 46.1 Å². The van der Waals surface area contributed by atoms with Crippen molar-refractivity contribution in [2.24, 2.45) is 5.92 Å². The molecule has 0 aromatic carbocycles. The molecule has 0 saturated carbocycles. The van der Waals surface area contributed by atoms with Gasteiger partial charge in [0, 0.05) is 24.4 Å². The molecular weight excluding hydrogens is 370 g/mol. The van der Waals surface area contributed by atoms with Crippen molar-refractivity contribution in [1.29, 1.82) is 0 Å². The van der Waals surface area contributed by atoms with Crippen molar-refractivity contribution in [2.45, 2.75) is 65.0 Å². The van der Waals surface area contributed by atoms with Gasteiger partial charge in [0.1, 0.15) is 11.2 Å². The van der Waals surface area contributed by atoms with Crippen LogP contribution < -0.4 is 5.73 Å². The fourth-order valence-corrected chi connectivity index (χ4v) is 4.52. The first-order valence-corrected chi connectivity index (χ1v) is 10.4. The van der Waals surface area contributed by atoms with Crippen molar-refractivity contribution < 1.29 is 19.4 Å². The number of allylic oxidation sites excluding steroid dienone is 1. The van der Waals surface area contributed by atoms with Gasteiger partial charge in [0.05, 0.1) is 29.7 Å². The Morgan fingerprint density at radius 2 is 2.17 bits per heavy atom. The maximum absolute atomic E-state index is 12.5. The van der Waals surface area contributed by atoms with Crippen molar-refractivity contribution >= 4 is 17.6 Å². The summed E-state index contributed by atoms with van der Waals surface area (Å²) in [6.45, 7) is 8.61. The van der Waals surface area contributed by atoms with Crippen LogP contribution in [0.3, 0.4) is 0 Å². The van der Waals surface area contributed by atoms with E-state index in [1.807, 2.05) is 37.8 Å². The lowest BCUT2D eigenvalue weighted by atomic mass is 9.82. The number of fused-ring (bicyclic) bond motifs is 1. The molecule has 2 atom stereocenters. The standard InChI is InChI=1S/C22H31N3O4/c1-5-22(29-12-15-8-7-11-25(15)20(26)13(2)3)10-6-9-16-18(22)19(23)17(21(27)28)14(4)24-16/h6,10,13,15H,5,7-9,11-12H2,1-4H3,(H2,23,24)(H,27,28). The van der Waals surface area contributed by atoms with Crippen LogP contribution >= 0.6 is 0 Å². The third-order valence-electron chi connectivity index (χ3n) is 6.04. The molecule has 2 aliphatic rings. The lowest BCUT2D eigenvalue weighted by molar-refractivity contribution is -0.137. The van der Waals surface area contributed by atoms with Gasteiger partial charge in [-0.25, -0.2) is 4.79 Å². The summed E-state index contributed by atoms with van der Waals surface area (Å²) in [6.07, 6.45) is 7.02. The highest BCUT2D eigenvalue weighted by Crippen LogP contribution is 2.42. The highest BCUT2D eigenvalue weighted by Gasteiger charge is 2.40. The summed E-state index contributed by atoms with van der Waals surface area (Å²) in [5, 5.41) is 9.62. The number of nitrogens with two attached hydrogens (primary N) is 1. The number of pyridine rings is 1. The van der Waals surface area contributed by atoms with E-state index in [2.05, 4.69) is 4.98 Å². The fourth-order valence-electron chi connectivity index (χ4n) is 4.52. The number of nitrogens with zero attached hydrogens (tertiary/aromatic N) is 2. The van der Waals surface area contributed by atoms with Crippen LogP contribution in [0.25, 0.3) is 0 Å². The highest BCUT2D eigenvalue weighted by atomic mass is 16.5. The number of rotatable bonds is 6. The van der Waals surface area contributed by atoms with E-state index in [0.717, 1.165) is 25.1 Å². The van der Waals surface area contributed by atoms with Gasteiger partial charge < -0.3 is 20.5 Å². The maximum atomic E-state index is 12.5. The predicted molar refractivity (Wildman–Crippen MR) is 111 cm³/mol. The van der Waals surface area contributed by atoms with Crippen LogP contribution in [0.15, 0.2) is 12.2 Å². The zero-order valence-electron chi connectivity index (χ0n) is 17.7. The number of aromatic carboxylic acids is 1. The Bertz CT molecular complexity index is 849. The summed E-state index contributed by atoms with van der Waals surface area (Å²) in [6, 6.07) is 0.0191. The molecule has 0 radical (unpaired) electrons. The van der Waals surface area contributed by atoms with Gasteiger partial charge >= 0.3 is 5.97 Å². The molecule has 1 aromatic rings. The molecule has 29 heavy (non-hydrogen) atoms. The summed E-state index contributed by atoms with van der Waals surface area (Å²) in [7, 11) is 0. The number of ether oxygens (including phenoxy) is 1. The number of nitrogen functional groups attached to an aromatic ring is 1. The second kappa shape index (κ2) is 8.14. The first kappa shape index (κ1) is 21.3. The van der Waals surface area contributed by atoms with Crippen LogP contribution in [-0.2, 0) is 21.6 Å². The predicted octanol–water partition coefficient (Wildman–Crippen LogP) is 3.05. The molecule has 1 aliphatic heterocycles. The van der Waals surface area contributed by atoms with Crippen molar-refractivity contribution in [3.8, 4) is 0 Å². The summed E-state index contributed by atoms with van der Waals surface area (Å²) >= 11 is 0. The zero-order chi connectivity index (χ0) is 21.3. The van der Waals surface area contributed by atoms with E-state index in [4.69, 9.17) is 10.5 Å². The van der Waals surface area contributed by atoms with Gasteiger partial charge in [-0.2, -0.15) is 0 Å². The normalized spacial score (nSPS) is 23.5. The van der Waals surface area contributed by atoms with Gasteiger partial charge in [-0.15, -0.1) is 0 Å². The average Bonchev–Trinajstić information content (AvgIpc) is 3.13. The molecule has 1 fully saturated rings. The van der Waals surface area contributed by atoms with Crippen molar-refractivity contribution in [3.05, 3.63) is 34.7 Å². The molecule has 1 aromatic heterocycles. The van der Waals surface area contributed by atoms with Crippen LogP contribution in [0.2, 0.25) is 0 Å². The van der Waals surface area contributed by atoms with E-state index in [1.165, 1.54) is 0 Å². The van der Waals surface area contributed by atoms with E-state index in [0.29, 0.717) is 30.7 Å². The van der Waals surface area contributed by atoms with E-state index < -0.39 is 11.6 Å². The number of carbonyl (C=O) groups is 2. The number of aryl methyl sites for hydroxylation is 1. The fraction of sp³-hybridized carbons (Fsp3) is 0.591. The lowest BCUT2D eigenvalue weighted by Crippen LogP contribution is -2.43. The second-order valence-corrected chi connectivity index (χ2v) is 8.26. The van der Waals surface area contributed by atoms with Crippen LogP contribution in [0.1, 0.15) is 67.3 Å². The van der Waals surface area contributed by atoms with Crippen LogP contribution in [0.5, 0.6) is 0 Å². The number of aromatic nitrogens is 1.